The molecule has 3 aromatic rings. The lowest BCUT2D eigenvalue weighted by atomic mass is 10.1. The molecule has 0 bridgehead atoms. The molecule has 0 aliphatic heterocycles. The summed E-state index contributed by atoms with van der Waals surface area (Å²) in [6, 6.07) is 11.9. The zero-order chi connectivity index (χ0) is 23.3. The summed E-state index contributed by atoms with van der Waals surface area (Å²) in [6.07, 6.45) is -4.69. The molecule has 1 N–H and O–H groups in total. The summed E-state index contributed by atoms with van der Waals surface area (Å²) in [5, 5.41) is 2.96. The topological polar surface area (TPSA) is 73.3 Å². The highest BCUT2D eigenvalue weighted by Gasteiger charge is 2.34. The van der Waals surface area contributed by atoms with Gasteiger partial charge in [-0.15, -0.1) is 0 Å². The molecule has 0 atom stereocenters. The molecule has 1 aromatic heterocycles. The Kier molecular flexibility index (Phi) is 7.47. The maximum absolute atomic E-state index is 13.4. The van der Waals surface area contributed by atoms with Crippen LogP contribution < -0.4 is 14.8 Å². The fourth-order valence-electron chi connectivity index (χ4n) is 2.64. The molecule has 2 aromatic carbocycles. The van der Waals surface area contributed by atoms with Crippen LogP contribution in [-0.2, 0) is 11.0 Å². The van der Waals surface area contributed by atoms with E-state index in [1.54, 1.807) is 36.4 Å². The highest BCUT2D eigenvalue weighted by Crippen LogP contribution is 2.35. The van der Waals surface area contributed by atoms with E-state index < -0.39 is 17.8 Å². The first-order valence-electron chi connectivity index (χ1n) is 9.06. The van der Waals surface area contributed by atoms with Gasteiger partial charge in [0.25, 0.3) is 0 Å². The summed E-state index contributed by atoms with van der Waals surface area (Å²) in [4.78, 5) is 20.0. The number of nitrogens with one attached hydrogen (secondary N) is 1. The third-order valence-electron chi connectivity index (χ3n) is 4.14. The van der Waals surface area contributed by atoms with Gasteiger partial charge in [-0.1, -0.05) is 23.4 Å². The highest BCUT2D eigenvalue weighted by atomic mass is 35.5. The number of halogens is 4. The van der Waals surface area contributed by atoms with Crippen LogP contribution in [0.2, 0.25) is 5.02 Å². The minimum absolute atomic E-state index is 0.0360. The Morgan fingerprint density at radius 3 is 2.34 bits per heavy atom. The number of thioether (sulfide) groups is 1. The van der Waals surface area contributed by atoms with Crippen LogP contribution in [0.1, 0.15) is 5.69 Å². The van der Waals surface area contributed by atoms with Gasteiger partial charge < -0.3 is 14.8 Å². The molecule has 0 fully saturated rings. The standard InChI is InChI=1S/C21H17ClF3N3O3S/c1-30-16-8-3-12(9-17(16)31-2)15-10-18(21(23,24)25)28-20(27-15)32-11-19(29)26-14-6-4-13(22)5-7-14/h3-10H,11H2,1-2H3,(H,26,29). The van der Waals surface area contributed by atoms with E-state index in [4.69, 9.17) is 21.1 Å². The van der Waals surface area contributed by atoms with Crippen molar-refractivity contribution in [3.05, 3.63) is 59.2 Å². The molecule has 1 amide bonds. The van der Waals surface area contributed by atoms with Crippen molar-refractivity contribution in [2.24, 2.45) is 0 Å². The first-order valence-corrected chi connectivity index (χ1v) is 10.4. The molecule has 0 saturated heterocycles. The monoisotopic (exact) mass is 483 g/mol. The summed E-state index contributed by atoms with van der Waals surface area (Å²) in [5.74, 6) is 0.157. The molecule has 0 radical (unpaired) electrons. The Labute approximate surface area is 191 Å². The lowest BCUT2D eigenvalue weighted by Crippen LogP contribution is -2.15. The number of hydrogen-bond donors (Lipinski definition) is 1. The molecule has 0 aliphatic carbocycles. The predicted octanol–water partition coefficient (Wildman–Crippen LogP) is 5.56. The van der Waals surface area contributed by atoms with E-state index in [2.05, 4.69) is 15.3 Å². The number of methoxy groups -OCH3 is 2. The molecule has 0 aliphatic rings. The Bertz CT molecular complexity index is 1110. The predicted molar refractivity (Wildman–Crippen MR) is 116 cm³/mol. The van der Waals surface area contributed by atoms with Crippen LogP contribution >= 0.6 is 23.4 Å². The van der Waals surface area contributed by atoms with Crippen molar-refractivity contribution in [3.8, 4) is 22.8 Å². The number of nitrogens with zero attached hydrogens (tertiary/aromatic N) is 2. The van der Waals surface area contributed by atoms with E-state index in [1.807, 2.05) is 0 Å². The molecular weight excluding hydrogens is 467 g/mol. The zero-order valence-electron chi connectivity index (χ0n) is 16.9. The lowest BCUT2D eigenvalue weighted by molar-refractivity contribution is -0.141. The minimum atomic E-state index is -4.69. The number of carbonyl (C=O) groups excluding carboxylic acids is 1. The van der Waals surface area contributed by atoms with Crippen molar-refractivity contribution >= 4 is 35.0 Å². The average molecular weight is 484 g/mol. The minimum Gasteiger partial charge on any atom is -0.493 e. The molecule has 1 heterocycles. The average Bonchev–Trinajstić information content (AvgIpc) is 2.78. The summed E-state index contributed by atoms with van der Waals surface area (Å²) in [6.45, 7) is 0. The van der Waals surface area contributed by atoms with Crippen molar-refractivity contribution < 1.29 is 27.4 Å². The molecule has 0 spiro atoms. The maximum Gasteiger partial charge on any atom is 0.433 e. The highest BCUT2D eigenvalue weighted by molar-refractivity contribution is 7.99. The van der Waals surface area contributed by atoms with E-state index in [0.717, 1.165) is 17.8 Å². The van der Waals surface area contributed by atoms with Gasteiger partial charge in [-0.2, -0.15) is 13.2 Å². The SMILES string of the molecule is COc1ccc(-c2cc(C(F)(F)F)nc(SCC(=O)Nc3ccc(Cl)cc3)n2)cc1OC. The van der Waals surface area contributed by atoms with Gasteiger partial charge in [0.2, 0.25) is 5.91 Å². The molecule has 3 rings (SSSR count). The summed E-state index contributed by atoms with van der Waals surface area (Å²) in [7, 11) is 2.87. The number of anilines is 1. The number of hydrogen-bond acceptors (Lipinski definition) is 6. The fraction of sp³-hybridized carbons (Fsp3) is 0.190. The number of alkyl halides is 3. The smallest absolute Gasteiger partial charge is 0.433 e. The van der Waals surface area contributed by atoms with Crippen LogP contribution in [0.15, 0.2) is 53.7 Å². The third kappa shape index (κ3) is 6.04. The summed E-state index contributed by atoms with van der Waals surface area (Å²) >= 11 is 6.59. The Morgan fingerprint density at radius 1 is 1.03 bits per heavy atom. The van der Waals surface area contributed by atoms with Gasteiger partial charge in [-0.3, -0.25) is 4.79 Å². The lowest BCUT2D eigenvalue weighted by Gasteiger charge is -2.12. The number of benzene rings is 2. The van der Waals surface area contributed by atoms with Gasteiger partial charge >= 0.3 is 6.18 Å². The van der Waals surface area contributed by atoms with E-state index in [9.17, 15) is 18.0 Å². The van der Waals surface area contributed by atoms with Crippen molar-refractivity contribution in [1.82, 2.24) is 9.97 Å². The number of ether oxygens (including phenoxy) is 2. The van der Waals surface area contributed by atoms with Crippen LogP contribution in [0.25, 0.3) is 11.3 Å². The van der Waals surface area contributed by atoms with Crippen LogP contribution in [0, 0.1) is 0 Å². The number of carbonyl (C=O) groups is 1. The van der Waals surface area contributed by atoms with E-state index in [1.165, 1.54) is 20.3 Å². The molecule has 168 valence electrons. The molecule has 0 saturated carbocycles. The molecule has 11 heteroatoms. The van der Waals surface area contributed by atoms with Crippen molar-refractivity contribution in [1.29, 1.82) is 0 Å². The van der Waals surface area contributed by atoms with Crippen LogP contribution in [0.5, 0.6) is 11.5 Å². The summed E-state index contributed by atoms with van der Waals surface area (Å²) in [5.41, 5.74) is -0.189. The number of aromatic nitrogens is 2. The van der Waals surface area contributed by atoms with E-state index in [-0.39, 0.29) is 16.6 Å². The maximum atomic E-state index is 13.4. The van der Waals surface area contributed by atoms with Crippen molar-refractivity contribution in [2.45, 2.75) is 11.3 Å². The van der Waals surface area contributed by atoms with E-state index >= 15 is 0 Å². The van der Waals surface area contributed by atoms with Crippen molar-refractivity contribution in [3.63, 3.8) is 0 Å². The van der Waals surface area contributed by atoms with Crippen LogP contribution in [-0.4, -0.2) is 35.8 Å². The van der Waals surface area contributed by atoms with Gasteiger partial charge in [-0.25, -0.2) is 9.97 Å². The second kappa shape index (κ2) is 10.1. The normalized spacial score (nSPS) is 11.2. The van der Waals surface area contributed by atoms with E-state index in [0.29, 0.717) is 27.8 Å². The van der Waals surface area contributed by atoms with Gasteiger partial charge in [0.05, 0.1) is 25.7 Å². The molecule has 0 unspecified atom stereocenters. The van der Waals surface area contributed by atoms with Gasteiger partial charge in [0, 0.05) is 16.3 Å². The molecule has 6 nitrogen and oxygen atoms in total. The van der Waals surface area contributed by atoms with Crippen molar-refractivity contribution in [2.75, 3.05) is 25.3 Å². The Hall–Kier alpha value is -2.98. The molecule has 32 heavy (non-hydrogen) atoms. The zero-order valence-corrected chi connectivity index (χ0v) is 18.4. The first kappa shape index (κ1) is 23.7. The third-order valence-corrected chi connectivity index (χ3v) is 5.23. The largest absolute Gasteiger partial charge is 0.493 e. The Balaban J connectivity index is 1.84. The molecular formula is C21H17ClF3N3O3S. The number of rotatable bonds is 7. The van der Waals surface area contributed by atoms with Crippen LogP contribution in [0.3, 0.4) is 0 Å². The quantitative estimate of drug-likeness (QED) is 0.350. The van der Waals surface area contributed by atoms with Gasteiger partial charge in [-0.05, 0) is 48.5 Å². The van der Waals surface area contributed by atoms with Gasteiger partial charge in [0.15, 0.2) is 16.7 Å². The summed E-state index contributed by atoms with van der Waals surface area (Å²) < 4.78 is 50.6. The number of amides is 1. The second-order valence-corrected chi connectivity index (χ2v) is 7.71. The first-order chi connectivity index (χ1) is 15.2. The Morgan fingerprint density at radius 2 is 1.72 bits per heavy atom. The van der Waals surface area contributed by atoms with Gasteiger partial charge in [0.1, 0.15) is 5.69 Å². The second-order valence-electron chi connectivity index (χ2n) is 6.33. The van der Waals surface area contributed by atoms with Crippen LogP contribution in [0.4, 0.5) is 18.9 Å². The fourth-order valence-corrected chi connectivity index (χ4v) is 3.42.